The Morgan fingerprint density at radius 3 is 2.41 bits per heavy atom. The third kappa shape index (κ3) is 4.72. The molecule has 1 aromatic heterocycles. The molecule has 1 unspecified atom stereocenters. The first-order valence-corrected chi connectivity index (χ1v) is 11.7. The summed E-state index contributed by atoms with van der Waals surface area (Å²) in [5.74, 6) is 1.75. The number of aromatic nitrogens is 2. The number of nitrogens with two attached hydrogens (primary N) is 1. The molecule has 0 aliphatic carbocycles. The zero-order chi connectivity index (χ0) is 22.8. The van der Waals surface area contributed by atoms with Gasteiger partial charge in [0.15, 0.2) is 0 Å². The second kappa shape index (κ2) is 9.43. The predicted octanol–water partition coefficient (Wildman–Crippen LogP) is 6.72. The van der Waals surface area contributed by atoms with E-state index < -0.39 is 0 Å². The topological polar surface area (TPSA) is 43.8 Å². The Kier molecular flexibility index (Phi) is 6.63. The molecule has 0 spiro atoms. The molecule has 1 atom stereocenters. The van der Waals surface area contributed by atoms with Crippen LogP contribution in [0.3, 0.4) is 0 Å². The third-order valence-electron chi connectivity index (χ3n) is 5.86. The lowest BCUT2D eigenvalue weighted by molar-refractivity contribution is 0.646. The van der Waals surface area contributed by atoms with Crippen LogP contribution in [0, 0.1) is 5.92 Å². The van der Waals surface area contributed by atoms with Crippen molar-refractivity contribution in [1.29, 1.82) is 0 Å². The maximum absolute atomic E-state index is 6.50. The van der Waals surface area contributed by atoms with Crippen LogP contribution in [0.5, 0.6) is 0 Å². The Hall–Kier alpha value is -2.69. The summed E-state index contributed by atoms with van der Waals surface area (Å²) >= 11 is 11.7. The number of fused-ring (bicyclic) bond motifs is 1. The van der Waals surface area contributed by atoms with E-state index in [-0.39, 0.29) is 5.92 Å². The van der Waals surface area contributed by atoms with Gasteiger partial charge in [0.05, 0.1) is 17.6 Å². The molecule has 3 aromatic carbocycles. The summed E-state index contributed by atoms with van der Waals surface area (Å²) in [4.78, 5) is 5.41. The highest BCUT2D eigenvalue weighted by molar-refractivity contribution is 7.80. The van der Waals surface area contributed by atoms with Gasteiger partial charge in [-0.05, 0) is 53.3 Å². The van der Waals surface area contributed by atoms with E-state index in [1.165, 1.54) is 11.1 Å². The molecule has 0 amide bonds. The van der Waals surface area contributed by atoms with Crippen LogP contribution in [0.15, 0.2) is 66.7 Å². The number of nitrogens with zero attached hydrogens (tertiary/aromatic N) is 2. The molecule has 3 nitrogen and oxygen atoms in total. The first kappa shape index (κ1) is 22.5. The van der Waals surface area contributed by atoms with E-state index in [1.807, 2.05) is 30.3 Å². The van der Waals surface area contributed by atoms with E-state index in [1.54, 1.807) is 0 Å². The summed E-state index contributed by atoms with van der Waals surface area (Å²) in [6.45, 7) is 7.34. The zero-order valence-corrected chi connectivity index (χ0v) is 20.3. The monoisotopic (exact) mass is 461 g/mol. The molecule has 2 N–H and O–H groups in total. The quantitative estimate of drug-likeness (QED) is 0.310. The first-order chi connectivity index (χ1) is 15.3. The van der Waals surface area contributed by atoms with E-state index >= 15 is 0 Å². The maximum Gasteiger partial charge on any atom is 0.117 e. The summed E-state index contributed by atoms with van der Waals surface area (Å²) in [7, 11) is 0. The lowest BCUT2D eigenvalue weighted by atomic mass is 9.96. The van der Waals surface area contributed by atoms with Crippen molar-refractivity contribution in [2.75, 3.05) is 0 Å². The molecule has 32 heavy (non-hydrogen) atoms. The summed E-state index contributed by atoms with van der Waals surface area (Å²) in [5.41, 5.74) is 12.3. The van der Waals surface area contributed by atoms with E-state index in [9.17, 15) is 0 Å². The highest BCUT2D eigenvalue weighted by Gasteiger charge is 2.20. The highest BCUT2D eigenvalue weighted by atomic mass is 35.5. The molecule has 0 fully saturated rings. The van der Waals surface area contributed by atoms with Crippen molar-refractivity contribution in [3.63, 3.8) is 0 Å². The van der Waals surface area contributed by atoms with Crippen LogP contribution < -0.4 is 5.73 Å². The van der Waals surface area contributed by atoms with Gasteiger partial charge in [-0.2, -0.15) is 0 Å². The number of imidazole rings is 1. The Bertz CT molecular complexity index is 1260. The minimum absolute atomic E-state index is 0.117. The van der Waals surface area contributed by atoms with Crippen molar-refractivity contribution in [3.05, 3.63) is 99.8 Å². The molecule has 4 rings (SSSR count). The van der Waals surface area contributed by atoms with E-state index in [2.05, 4.69) is 61.7 Å². The van der Waals surface area contributed by atoms with Gasteiger partial charge in [0.2, 0.25) is 0 Å². The fourth-order valence-corrected chi connectivity index (χ4v) is 4.48. The number of thiocarbonyl (C=S) groups is 1. The van der Waals surface area contributed by atoms with Crippen LogP contribution in [0.1, 0.15) is 54.8 Å². The summed E-state index contributed by atoms with van der Waals surface area (Å²) in [6, 6.07) is 22.9. The van der Waals surface area contributed by atoms with Crippen molar-refractivity contribution in [2.45, 2.75) is 39.7 Å². The van der Waals surface area contributed by atoms with E-state index in [0.29, 0.717) is 17.5 Å². The first-order valence-electron chi connectivity index (χ1n) is 11.0. The Morgan fingerprint density at radius 1 is 1.03 bits per heavy atom. The molecule has 0 aliphatic rings. The number of benzene rings is 3. The average Bonchev–Trinajstić information content (AvgIpc) is 3.12. The molecule has 0 aliphatic heterocycles. The minimum Gasteiger partial charge on any atom is -0.389 e. The molecule has 1 heterocycles. The molecular weight excluding hydrogens is 434 g/mol. The van der Waals surface area contributed by atoms with E-state index in [4.69, 9.17) is 34.5 Å². The number of hydrogen-bond donors (Lipinski definition) is 1. The number of halogens is 1. The van der Waals surface area contributed by atoms with Gasteiger partial charge >= 0.3 is 0 Å². The molecule has 4 aromatic rings. The minimum atomic E-state index is 0.117. The summed E-state index contributed by atoms with van der Waals surface area (Å²) < 4.78 is 2.26. The van der Waals surface area contributed by atoms with Gasteiger partial charge in [-0.3, -0.25) is 0 Å². The molecule has 0 saturated carbocycles. The van der Waals surface area contributed by atoms with Gasteiger partial charge in [-0.1, -0.05) is 87.1 Å². The zero-order valence-electron chi connectivity index (χ0n) is 18.7. The number of rotatable bonds is 7. The maximum atomic E-state index is 6.50. The molecule has 0 bridgehead atoms. The predicted molar refractivity (Wildman–Crippen MR) is 139 cm³/mol. The standard InChI is InChI=1S/C27H28ClN3S/c1-17(2)14-19-8-10-20(11-9-19)18(3)27-30-24-15-21(26(29)32)12-13-25(24)31(27)16-22-6-4-5-7-23(22)28/h4-13,15,17-18H,14,16H2,1-3H3,(H2,29,32). The Morgan fingerprint density at radius 2 is 1.75 bits per heavy atom. The van der Waals surface area contributed by atoms with Crippen molar-refractivity contribution >= 4 is 39.8 Å². The fourth-order valence-electron chi connectivity index (χ4n) is 4.16. The van der Waals surface area contributed by atoms with Crippen LogP contribution in [0.2, 0.25) is 5.02 Å². The molecule has 0 saturated heterocycles. The molecular formula is C27H28ClN3S. The molecule has 0 radical (unpaired) electrons. The largest absolute Gasteiger partial charge is 0.389 e. The Labute approximate surface area is 200 Å². The number of hydrogen-bond acceptors (Lipinski definition) is 2. The molecule has 5 heteroatoms. The van der Waals surface area contributed by atoms with Crippen LogP contribution in [-0.2, 0) is 13.0 Å². The van der Waals surface area contributed by atoms with Gasteiger partial charge in [0.25, 0.3) is 0 Å². The van der Waals surface area contributed by atoms with Gasteiger partial charge < -0.3 is 10.3 Å². The summed E-state index contributed by atoms with van der Waals surface area (Å²) in [5, 5.41) is 0.755. The van der Waals surface area contributed by atoms with Crippen molar-refractivity contribution in [2.24, 2.45) is 11.7 Å². The van der Waals surface area contributed by atoms with Gasteiger partial charge in [-0.25, -0.2) is 4.98 Å². The lowest BCUT2D eigenvalue weighted by Crippen LogP contribution is -2.10. The van der Waals surface area contributed by atoms with Crippen molar-refractivity contribution < 1.29 is 0 Å². The van der Waals surface area contributed by atoms with Crippen LogP contribution in [0.4, 0.5) is 0 Å². The smallest absolute Gasteiger partial charge is 0.117 e. The normalized spacial score (nSPS) is 12.4. The molecule has 164 valence electrons. The second-order valence-electron chi connectivity index (χ2n) is 8.78. The van der Waals surface area contributed by atoms with Gasteiger partial charge in [0.1, 0.15) is 10.8 Å². The lowest BCUT2D eigenvalue weighted by Gasteiger charge is -2.17. The SMILES string of the molecule is CC(C)Cc1ccc(C(C)c2nc3cc(C(N)=S)ccc3n2Cc2ccccc2Cl)cc1. The van der Waals surface area contributed by atoms with Crippen LogP contribution in [0.25, 0.3) is 11.0 Å². The fraction of sp³-hybridized carbons (Fsp3) is 0.259. The highest BCUT2D eigenvalue weighted by Crippen LogP contribution is 2.30. The Balaban J connectivity index is 1.79. The van der Waals surface area contributed by atoms with Gasteiger partial charge in [-0.15, -0.1) is 0 Å². The van der Waals surface area contributed by atoms with Gasteiger partial charge in [0, 0.05) is 16.5 Å². The second-order valence-corrected chi connectivity index (χ2v) is 9.62. The average molecular weight is 462 g/mol. The van der Waals surface area contributed by atoms with Crippen LogP contribution >= 0.6 is 23.8 Å². The van der Waals surface area contributed by atoms with Crippen LogP contribution in [-0.4, -0.2) is 14.5 Å². The van der Waals surface area contributed by atoms with Crippen molar-refractivity contribution in [1.82, 2.24) is 9.55 Å². The third-order valence-corrected chi connectivity index (χ3v) is 6.46. The van der Waals surface area contributed by atoms with E-state index in [0.717, 1.165) is 39.4 Å². The summed E-state index contributed by atoms with van der Waals surface area (Å²) in [6.07, 6.45) is 1.08. The van der Waals surface area contributed by atoms with Crippen molar-refractivity contribution in [3.8, 4) is 0 Å².